The lowest BCUT2D eigenvalue weighted by Gasteiger charge is -2.34. The molecule has 12 nitrogen and oxygen atoms in total. The molecule has 3 N–H and O–H groups in total. The van der Waals surface area contributed by atoms with E-state index in [0.29, 0.717) is 5.56 Å². The summed E-state index contributed by atoms with van der Waals surface area (Å²) < 4.78 is 68.2. The van der Waals surface area contributed by atoms with Gasteiger partial charge in [0, 0.05) is 19.5 Å². The van der Waals surface area contributed by atoms with E-state index in [9.17, 15) is 21.6 Å². The van der Waals surface area contributed by atoms with Gasteiger partial charge in [0.2, 0.25) is 10.0 Å². The second-order valence-corrected chi connectivity index (χ2v) is 11.1. The number of carbonyl (C=O) groups is 1. The van der Waals surface area contributed by atoms with Crippen molar-refractivity contribution >= 4 is 26.4 Å². The Morgan fingerprint density at radius 2 is 1.83 bits per heavy atom. The van der Waals surface area contributed by atoms with Crippen LogP contribution in [0.5, 0.6) is 5.88 Å². The van der Waals surface area contributed by atoms with Gasteiger partial charge in [-0.15, -0.1) is 0 Å². The highest BCUT2D eigenvalue weighted by Crippen LogP contribution is 2.38. The Kier molecular flexibility index (Phi) is 6.91. The third-order valence-corrected chi connectivity index (χ3v) is 8.21. The minimum Gasteiger partial charge on any atom is -0.449 e. The van der Waals surface area contributed by atoms with E-state index in [1.165, 1.54) is 12.1 Å². The number of aromatic nitrogens is 1. The predicted molar refractivity (Wildman–Crippen MR) is 122 cm³/mol. The topological polar surface area (TPSA) is 168 Å². The zero-order valence-corrected chi connectivity index (χ0v) is 20.0. The fourth-order valence-electron chi connectivity index (χ4n) is 3.59. The first kappa shape index (κ1) is 24.8. The van der Waals surface area contributed by atoms with Crippen LogP contribution in [0, 0.1) is 6.92 Å². The highest BCUT2D eigenvalue weighted by Gasteiger charge is 2.43. The largest absolute Gasteiger partial charge is 0.512 e. The van der Waals surface area contributed by atoms with Crippen LogP contribution in [-0.4, -0.2) is 44.1 Å². The SMILES string of the molecule is Cc1ccc(S(=O)(=O)N2CCc3onc(OC(=O)O)c3C2NS(=O)(=O)NCc2ccccc2)cc1. The summed E-state index contributed by atoms with van der Waals surface area (Å²) in [6.07, 6.45) is -3.28. The van der Waals surface area contributed by atoms with Gasteiger partial charge in [-0.25, -0.2) is 13.2 Å². The molecule has 0 amide bonds. The van der Waals surface area contributed by atoms with Gasteiger partial charge in [0.15, 0.2) is 0 Å². The number of carboxylic acid groups (broad SMARTS) is 1. The summed E-state index contributed by atoms with van der Waals surface area (Å²) in [5.41, 5.74) is 1.37. The molecule has 3 aromatic rings. The number of aryl methyl sites for hydroxylation is 1. The van der Waals surface area contributed by atoms with Gasteiger partial charge in [0.1, 0.15) is 11.9 Å². The normalized spacial score (nSPS) is 16.5. The molecule has 1 aromatic heterocycles. The van der Waals surface area contributed by atoms with Crippen molar-refractivity contribution < 1.29 is 36.0 Å². The van der Waals surface area contributed by atoms with Crippen LogP contribution >= 0.6 is 0 Å². The number of ether oxygens (including phenoxy) is 1. The molecule has 0 bridgehead atoms. The minimum absolute atomic E-state index is 0.0199. The van der Waals surface area contributed by atoms with E-state index in [0.717, 1.165) is 9.87 Å². The first-order valence-electron chi connectivity index (χ1n) is 10.4. The van der Waals surface area contributed by atoms with E-state index in [1.54, 1.807) is 49.4 Å². The van der Waals surface area contributed by atoms with Crippen molar-refractivity contribution in [3.8, 4) is 5.88 Å². The van der Waals surface area contributed by atoms with Gasteiger partial charge in [-0.3, -0.25) is 0 Å². The Bertz CT molecular complexity index is 1420. The molecule has 0 spiro atoms. The maximum absolute atomic E-state index is 13.5. The van der Waals surface area contributed by atoms with Crippen molar-refractivity contribution in [3.63, 3.8) is 0 Å². The number of fused-ring (bicyclic) bond motifs is 1. The van der Waals surface area contributed by atoms with Gasteiger partial charge < -0.3 is 14.4 Å². The molecule has 0 saturated heterocycles. The summed E-state index contributed by atoms with van der Waals surface area (Å²) in [6, 6.07) is 14.7. The summed E-state index contributed by atoms with van der Waals surface area (Å²) in [6.45, 7) is 1.57. The summed E-state index contributed by atoms with van der Waals surface area (Å²) in [5.74, 6) is -0.445. The third kappa shape index (κ3) is 5.52. The van der Waals surface area contributed by atoms with Crippen molar-refractivity contribution in [2.75, 3.05) is 6.54 Å². The molecular formula is C21H22N4O8S2. The Balaban J connectivity index is 1.72. The summed E-state index contributed by atoms with van der Waals surface area (Å²) in [4.78, 5) is 11.1. The van der Waals surface area contributed by atoms with E-state index in [1.807, 2.05) is 0 Å². The maximum atomic E-state index is 13.5. The van der Waals surface area contributed by atoms with Crippen LogP contribution in [0.3, 0.4) is 0 Å². The Labute approximate surface area is 201 Å². The van der Waals surface area contributed by atoms with Gasteiger partial charge in [0.25, 0.3) is 16.1 Å². The standard InChI is InChI=1S/C21H22N4O8S2/c1-14-7-9-16(10-8-14)34(28,29)25-12-11-17-18(20(23-33-17)32-21(26)27)19(25)24-35(30,31)22-13-15-5-3-2-4-6-15/h2-10,19,22,24H,11-13H2,1H3,(H,26,27). The van der Waals surface area contributed by atoms with E-state index in [2.05, 4.69) is 19.3 Å². The molecule has 186 valence electrons. The number of nitrogens with zero attached hydrogens (tertiary/aromatic N) is 2. The molecule has 0 saturated carbocycles. The fraction of sp³-hybridized carbons (Fsp3) is 0.238. The lowest BCUT2D eigenvalue weighted by Crippen LogP contribution is -2.50. The molecular weight excluding hydrogens is 500 g/mol. The summed E-state index contributed by atoms with van der Waals surface area (Å²) in [5, 5.41) is 12.6. The van der Waals surface area contributed by atoms with Crippen molar-refractivity contribution in [1.82, 2.24) is 18.9 Å². The zero-order chi connectivity index (χ0) is 25.2. The number of nitrogens with one attached hydrogen (secondary N) is 2. The quantitative estimate of drug-likeness (QED) is 0.374. The van der Waals surface area contributed by atoms with Crippen LogP contribution in [0.15, 0.2) is 64.0 Å². The van der Waals surface area contributed by atoms with Gasteiger partial charge in [-0.05, 0) is 29.8 Å². The first-order chi connectivity index (χ1) is 16.6. The molecule has 2 aromatic carbocycles. The molecule has 4 rings (SSSR count). The fourth-order valence-corrected chi connectivity index (χ4v) is 6.15. The molecule has 0 aliphatic carbocycles. The number of benzene rings is 2. The van der Waals surface area contributed by atoms with Crippen LogP contribution in [0.25, 0.3) is 0 Å². The molecule has 0 fully saturated rings. The van der Waals surface area contributed by atoms with Crippen LogP contribution in [-0.2, 0) is 33.2 Å². The van der Waals surface area contributed by atoms with Crippen LogP contribution in [0.4, 0.5) is 4.79 Å². The molecule has 1 aliphatic rings. The maximum Gasteiger partial charge on any atom is 0.512 e. The monoisotopic (exact) mass is 522 g/mol. The summed E-state index contributed by atoms with van der Waals surface area (Å²) in [7, 11) is -8.53. The highest BCUT2D eigenvalue weighted by molar-refractivity contribution is 7.89. The van der Waals surface area contributed by atoms with Crippen LogP contribution in [0.1, 0.15) is 28.6 Å². The second kappa shape index (κ2) is 9.75. The number of sulfonamides is 1. The van der Waals surface area contributed by atoms with E-state index >= 15 is 0 Å². The van der Waals surface area contributed by atoms with Crippen molar-refractivity contribution in [2.45, 2.75) is 31.0 Å². The van der Waals surface area contributed by atoms with Crippen molar-refractivity contribution in [2.24, 2.45) is 0 Å². The average molecular weight is 523 g/mol. The first-order valence-corrected chi connectivity index (χ1v) is 13.3. The lowest BCUT2D eigenvalue weighted by atomic mass is 10.1. The second-order valence-electron chi connectivity index (χ2n) is 7.70. The molecule has 1 aliphatic heterocycles. The lowest BCUT2D eigenvalue weighted by molar-refractivity contribution is 0.139. The van der Waals surface area contributed by atoms with E-state index in [4.69, 9.17) is 9.63 Å². The molecule has 0 radical (unpaired) electrons. The van der Waals surface area contributed by atoms with Crippen LogP contribution < -0.4 is 14.2 Å². The van der Waals surface area contributed by atoms with Gasteiger partial charge in [-0.2, -0.15) is 22.2 Å². The molecule has 14 heteroatoms. The molecule has 1 unspecified atom stereocenters. The number of hydrogen-bond acceptors (Lipinski definition) is 8. The Morgan fingerprint density at radius 3 is 2.49 bits per heavy atom. The highest BCUT2D eigenvalue weighted by atomic mass is 32.2. The number of rotatable bonds is 8. The van der Waals surface area contributed by atoms with Gasteiger partial charge in [-0.1, -0.05) is 48.0 Å². The predicted octanol–water partition coefficient (Wildman–Crippen LogP) is 1.91. The zero-order valence-electron chi connectivity index (χ0n) is 18.4. The Hall–Kier alpha value is -3.30. The molecule has 1 atom stereocenters. The Morgan fingerprint density at radius 1 is 1.14 bits per heavy atom. The third-order valence-electron chi connectivity index (χ3n) is 5.28. The number of hydrogen-bond donors (Lipinski definition) is 3. The van der Waals surface area contributed by atoms with Crippen LogP contribution in [0.2, 0.25) is 0 Å². The average Bonchev–Trinajstić information content (AvgIpc) is 3.21. The minimum atomic E-state index is -4.31. The van der Waals surface area contributed by atoms with E-state index < -0.39 is 38.4 Å². The van der Waals surface area contributed by atoms with Gasteiger partial charge in [0.05, 0.1) is 10.5 Å². The molecule has 35 heavy (non-hydrogen) atoms. The smallest absolute Gasteiger partial charge is 0.449 e. The van der Waals surface area contributed by atoms with Crippen molar-refractivity contribution in [3.05, 3.63) is 77.0 Å². The molecule has 2 heterocycles. The summed E-state index contributed by atoms with van der Waals surface area (Å²) >= 11 is 0. The van der Waals surface area contributed by atoms with E-state index in [-0.39, 0.29) is 35.7 Å². The van der Waals surface area contributed by atoms with Gasteiger partial charge >= 0.3 is 6.16 Å². The van der Waals surface area contributed by atoms with Crippen molar-refractivity contribution in [1.29, 1.82) is 0 Å².